The van der Waals surface area contributed by atoms with Crippen LogP contribution in [0.1, 0.15) is 19.8 Å². The molecule has 0 aromatic heterocycles. The maximum absolute atomic E-state index is 4.85. The lowest BCUT2D eigenvalue weighted by Crippen LogP contribution is -2.34. The average Bonchev–Trinajstić information content (AvgIpc) is 1.97. The summed E-state index contributed by atoms with van der Waals surface area (Å²) >= 11 is 0. The van der Waals surface area contributed by atoms with E-state index >= 15 is 0 Å². The second kappa shape index (κ2) is 8.88. The van der Waals surface area contributed by atoms with Crippen LogP contribution in [-0.4, -0.2) is 26.8 Å². The Labute approximate surface area is 63.1 Å². The van der Waals surface area contributed by atoms with Crippen molar-refractivity contribution in [3.63, 3.8) is 0 Å². The minimum Gasteiger partial charge on any atom is -0.383 e. The van der Waals surface area contributed by atoms with Crippen LogP contribution in [0.5, 0.6) is 0 Å². The molecule has 0 unspecified atom stereocenters. The van der Waals surface area contributed by atoms with Gasteiger partial charge in [0.05, 0.1) is 6.61 Å². The van der Waals surface area contributed by atoms with Gasteiger partial charge in [0.1, 0.15) is 0 Å². The van der Waals surface area contributed by atoms with Gasteiger partial charge in [0, 0.05) is 20.2 Å². The zero-order valence-electron chi connectivity index (χ0n) is 6.94. The number of hydrazine groups is 1. The van der Waals surface area contributed by atoms with E-state index in [9.17, 15) is 0 Å². The van der Waals surface area contributed by atoms with Crippen molar-refractivity contribution in [3.05, 3.63) is 0 Å². The van der Waals surface area contributed by atoms with E-state index in [4.69, 9.17) is 4.74 Å². The van der Waals surface area contributed by atoms with Crippen molar-refractivity contribution in [3.8, 4) is 0 Å². The van der Waals surface area contributed by atoms with E-state index in [1.807, 2.05) is 0 Å². The number of nitrogens with one attached hydrogen (secondary N) is 2. The predicted molar refractivity (Wildman–Crippen MR) is 42.8 cm³/mol. The molecule has 0 saturated heterocycles. The van der Waals surface area contributed by atoms with Crippen LogP contribution in [0.15, 0.2) is 0 Å². The monoisotopic (exact) mass is 146 g/mol. The van der Waals surface area contributed by atoms with Crippen LogP contribution >= 0.6 is 0 Å². The van der Waals surface area contributed by atoms with Crippen LogP contribution in [0.4, 0.5) is 0 Å². The first-order chi connectivity index (χ1) is 4.91. The summed E-state index contributed by atoms with van der Waals surface area (Å²) in [5, 5.41) is 0. The molecule has 0 fully saturated rings. The molecule has 2 N–H and O–H groups in total. The molecule has 0 heterocycles. The third-order valence-corrected chi connectivity index (χ3v) is 1.21. The fourth-order valence-corrected chi connectivity index (χ4v) is 0.595. The van der Waals surface area contributed by atoms with E-state index in [0.717, 1.165) is 19.7 Å². The van der Waals surface area contributed by atoms with Gasteiger partial charge in [0.25, 0.3) is 0 Å². The SMILES string of the molecule is CCCCNNCCOC. The zero-order valence-corrected chi connectivity index (χ0v) is 6.94. The maximum Gasteiger partial charge on any atom is 0.0601 e. The van der Waals surface area contributed by atoms with Crippen molar-refractivity contribution >= 4 is 0 Å². The van der Waals surface area contributed by atoms with Gasteiger partial charge in [-0.15, -0.1) is 0 Å². The summed E-state index contributed by atoms with van der Waals surface area (Å²) in [6, 6.07) is 0. The molecule has 0 aromatic rings. The van der Waals surface area contributed by atoms with E-state index in [1.54, 1.807) is 7.11 Å². The van der Waals surface area contributed by atoms with Gasteiger partial charge >= 0.3 is 0 Å². The summed E-state index contributed by atoms with van der Waals surface area (Å²) in [5.74, 6) is 0. The summed E-state index contributed by atoms with van der Waals surface area (Å²) in [6.45, 7) is 4.86. The van der Waals surface area contributed by atoms with Gasteiger partial charge in [-0.25, -0.2) is 0 Å². The Morgan fingerprint density at radius 1 is 1.20 bits per heavy atom. The molecule has 0 spiro atoms. The quantitative estimate of drug-likeness (QED) is 0.406. The van der Waals surface area contributed by atoms with Crippen LogP contribution < -0.4 is 10.9 Å². The van der Waals surface area contributed by atoms with Crippen molar-refractivity contribution < 1.29 is 4.74 Å². The molecule has 0 aliphatic heterocycles. The first-order valence-corrected chi connectivity index (χ1v) is 3.86. The Kier molecular flexibility index (Phi) is 8.77. The molecule has 62 valence electrons. The lowest BCUT2D eigenvalue weighted by molar-refractivity contribution is 0.195. The third kappa shape index (κ3) is 7.88. The Morgan fingerprint density at radius 2 is 1.90 bits per heavy atom. The van der Waals surface area contributed by atoms with Crippen LogP contribution in [0.3, 0.4) is 0 Å². The van der Waals surface area contributed by atoms with E-state index in [1.165, 1.54) is 12.8 Å². The fraction of sp³-hybridized carbons (Fsp3) is 1.00. The molecule has 0 saturated carbocycles. The number of unbranched alkanes of at least 4 members (excludes halogenated alkanes) is 1. The highest BCUT2D eigenvalue weighted by Gasteiger charge is 1.83. The van der Waals surface area contributed by atoms with Gasteiger partial charge in [-0.1, -0.05) is 13.3 Å². The van der Waals surface area contributed by atoms with Crippen LogP contribution in [-0.2, 0) is 4.74 Å². The fourth-order valence-electron chi connectivity index (χ4n) is 0.595. The maximum atomic E-state index is 4.85. The number of methoxy groups -OCH3 is 1. The topological polar surface area (TPSA) is 33.3 Å². The molecule has 0 atom stereocenters. The highest BCUT2D eigenvalue weighted by atomic mass is 16.5. The Hall–Kier alpha value is -0.120. The molecule has 0 radical (unpaired) electrons. The van der Waals surface area contributed by atoms with Crippen molar-refractivity contribution in [2.75, 3.05) is 26.8 Å². The van der Waals surface area contributed by atoms with Gasteiger partial charge < -0.3 is 4.74 Å². The number of rotatable bonds is 7. The second-order valence-corrected chi connectivity index (χ2v) is 2.20. The largest absolute Gasteiger partial charge is 0.383 e. The summed E-state index contributed by atoms with van der Waals surface area (Å²) in [4.78, 5) is 0. The molecule has 10 heavy (non-hydrogen) atoms. The van der Waals surface area contributed by atoms with Gasteiger partial charge in [-0.2, -0.15) is 0 Å². The zero-order chi connectivity index (χ0) is 7.66. The van der Waals surface area contributed by atoms with E-state index in [2.05, 4.69) is 17.8 Å². The van der Waals surface area contributed by atoms with Crippen LogP contribution in [0, 0.1) is 0 Å². The number of hydrogen-bond acceptors (Lipinski definition) is 3. The van der Waals surface area contributed by atoms with Crippen molar-refractivity contribution in [1.82, 2.24) is 10.9 Å². The minimum absolute atomic E-state index is 0.763. The summed E-state index contributed by atoms with van der Waals surface area (Å²) in [6.07, 6.45) is 2.46. The summed E-state index contributed by atoms with van der Waals surface area (Å²) in [5.41, 5.74) is 6.14. The standard InChI is InChI=1S/C7H18N2O/c1-3-4-5-8-9-6-7-10-2/h8-9H,3-7H2,1-2H3. The van der Waals surface area contributed by atoms with E-state index < -0.39 is 0 Å². The first-order valence-electron chi connectivity index (χ1n) is 3.86. The lowest BCUT2D eigenvalue weighted by atomic mass is 10.3. The van der Waals surface area contributed by atoms with Crippen LogP contribution in [0.2, 0.25) is 0 Å². The number of hydrogen-bond donors (Lipinski definition) is 2. The van der Waals surface area contributed by atoms with Crippen LogP contribution in [0.25, 0.3) is 0 Å². The smallest absolute Gasteiger partial charge is 0.0601 e. The average molecular weight is 146 g/mol. The first kappa shape index (κ1) is 9.88. The molecule has 0 aromatic carbocycles. The van der Waals surface area contributed by atoms with Crippen molar-refractivity contribution in [2.24, 2.45) is 0 Å². The molecular weight excluding hydrogens is 128 g/mol. The van der Waals surface area contributed by atoms with E-state index in [-0.39, 0.29) is 0 Å². The Bertz CT molecular complexity index is 51.6. The molecule has 0 aliphatic rings. The molecule has 3 nitrogen and oxygen atoms in total. The summed E-state index contributed by atoms with van der Waals surface area (Å²) < 4.78 is 4.85. The minimum atomic E-state index is 0.763. The Balaban J connectivity index is 2.65. The van der Waals surface area contributed by atoms with Crippen molar-refractivity contribution in [2.45, 2.75) is 19.8 Å². The molecule has 0 rings (SSSR count). The van der Waals surface area contributed by atoms with Gasteiger partial charge in [-0.05, 0) is 6.42 Å². The van der Waals surface area contributed by atoms with Gasteiger partial charge in [0.15, 0.2) is 0 Å². The highest BCUT2D eigenvalue weighted by molar-refractivity contribution is 4.40. The third-order valence-electron chi connectivity index (χ3n) is 1.21. The molecule has 0 bridgehead atoms. The highest BCUT2D eigenvalue weighted by Crippen LogP contribution is 1.79. The summed E-state index contributed by atoms with van der Waals surface area (Å²) in [7, 11) is 1.70. The van der Waals surface area contributed by atoms with Crippen molar-refractivity contribution in [1.29, 1.82) is 0 Å². The number of ether oxygens (including phenoxy) is 1. The van der Waals surface area contributed by atoms with E-state index in [0.29, 0.717) is 0 Å². The van der Waals surface area contributed by atoms with Gasteiger partial charge in [-0.3, -0.25) is 10.9 Å². The predicted octanol–water partition coefficient (Wildman–Crippen LogP) is 0.527. The van der Waals surface area contributed by atoms with Gasteiger partial charge in [0.2, 0.25) is 0 Å². The lowest BCUT2D eigenvalue weighted by Gasteiger charge is -2.04. The molecule has 3 heteroatoms. The molecule has 0 amide bonds. The Morgan fingerprint density at radius 3 is 2.50 bits per heavy atom. The second-order valence-electron chi connectivity index (χ2n) is 2.20. The normalized spacial score (nSPS) is 10.2. The molecular formula is C7H18N2O. The molecule has 0 aliphatic carbocycles.